The molecule has 11 heteroatoms. The largest absolute Gasteiger partial charge is 0.427 e. The number of carbonyl (C=O) groups is 4. The third-order valence-corrected chi connectivity index (χ3v) is 5.70. The maximum atomic E-state index is 12.0. The molecular weight excluding hydrogens is 496 g/mol. The molecule has 0 aliphatic heterocycles. The number of carbonyl (C=O) groups excluding carboxylic acids is 4. The van der Waals surface area contributed by atoms with Gasteiger partial charge in [0.05, 0.1) is 11.4 Å². The first kappa shape index (κ1) is 29.2. The average Bonchev–Trinajstić information content (AvgIpc) is 2.85. The lowest BCUT2D eigenvalue weighted by Crippen LogP contribution is -2.20. The SMILES string of the molecule is CC(=O)Oc1ccc(/C(C)=N\NC(=O)CCSCCC(=O)N/N=C(\C)c2ccc(OC(C)=O)cc2)cc1. The molecule has 0 aliphatic rings. The summed E-state index contributed by atoms with van der Waals surface area (Å²) in [5.41, 5.74) is 7.83. The van der Waals surface area contributed by atoms with Crippen molar-refractivity contribution in [1.29, 1.82) is 0 Å². The smallest absolute Gasteiger partial charge is 0.308 e. The van der Waals surface area contributed by atoms with Crippen LogP contribution in [-0.4, -0.2) is 46.7 Å². The average molecular weight is 527 g/mol. The van der Waals surface area contributed by atoms with E-state index in [-0.39, 0.29) is 24.7 Å². The van der Waals surface area contributed by atoms with Gasteiger partial charge in [0.2, 0.25) is 11.8 Å². The Hall–Kier alpha value is -3.99. The minimum atomic E-state index is -0.395. The van der Waals surface area contributed by atoms with Crippen molar-refractivity contribution in [3.05, 3.63) is 59.7 Å². The van der Waals surface area contributed by atoms with Gasteiger partial charge in [0, 0.05) is 38.2 Å². The van der Waals surface area contributed by atoms with Crippen molar-refractivity contribution in [1.82, 2.24) is 10.9 Å². The molecule has 0 atom stereocenters. The molecule has 0 fully saturated rings. The van der Waals surface area contributed by atoms with Gasteiger partial charge >= 0.3 is 11.9 Å². The van der Waals surface area contributed by atoms with Gasteiger partial charge < -0.3 is 9.47 Å². The van der Waals surface area contributed by atoms with Gasteiger partial charge in [-0.2, -0.15) is 22.0 Å². The quantitative estimate of drug-likeness (QED) is 0.142. The molecule has 0 spiro atoms. The normalized spacial score (nSPS) is 11.5. The molecule has 0 saturated carbocycles. The zero-order valence-corrected chi connectivity index (χ0v) is 22.0. The first-order chi connectivity index (χ1) is 17.6. The van der Waals surface area contributed by atoms with Crippen molar-refractivity contribution < 1.29 is 28.7 Å². The molecule has 10 nitrogen and oxygen atoms in total. The van der Waals surface area contributed by atoms with Crippen LogP contribution in [0.15, 0.2) is 58.7 Å². The van der Waals surface area contributed by atoms with E-state index in [0.29, 0.717) is 34.4 Å². The molecule has 196 valence electrons. The number of rotatable bonds is 12. The van der Waals surface area contributed by atoms with E-state index in [1.807, 2.05) is 0 Å². The van der Waals surface area contributed by atoms with Gasteiger partial charge in [-0.3, -0.25) is 19.2 Å². The highest BCUT2D eigenvalue weighted by Gasteiger charge is 2.06. The highest BCUT2D eigenvalue weighted by atomic mass is 32.2. The minimum absolute atomic E-state index is 0.229. The first-order valence-electron chi connectivity index (χ1n) is 11.5. The molecule has 37 heavy (non-hydrogen) atoms. The molecule has 0 bridgehead atoms. The Kier molecular flexibility index (Phi) is 12.0. The van der Waals surface area contributed by atoms with E-state index in [1.165, 1.54) is 25.6 Å². The van der Waals surface area contributed by atoms with E-state index in [1.54, 1.807) is 62.4 Å². The molecule has 2 amide bonds. The van der Waals surface area contributed by atoms with E-state index in [2.05, 4.69) is 21.1 Å². The fraction of sp³-hybridized carbons (Fsp3) is 0.308. The molecule has 0 heterocycles. The molecular formula is C26H30N4O6S. The molecule has 2 aromatic carbocycles. The zero-order chi connectivity index (χ0) is 27.2. The van der Waals surface area contributed by atoms with E-state index < -0.39 is 11.9 Å². The third kappa shape index (κ3) is 11.5. The summed E-state index contributed by atoms with van der Waals surface area (Å²) in [6.45, 7) is 6.18. The van der Waals surface area contributed by atoms with Crippen molar-refractivity contribution in [3.63, 3.8) is 0 Å². The number of ether oxygens (including phenoxy) is 2. The van der Waals surface area contributed by atoms with Crippen molar-refractivity contribution >= 4 is 46.9 Å². The van der Waals surface area contributed by atoms with Gasteiger partial charge in [-0.1, -0.05) is 0 Å². The number of nitrogens with zero attached hydrogens (tertiary/aromatic N) is 2. The molecule has 0 unspecified atom stereocenters. The van der Waals surface area contributed by atoms with Crippen LogP contribution in [0.1, 0.15) is 51.7 Å². The summed E-state index contributed by atoms with van der Waals surface area (Å²) >= 11 is 1.48. The third-order valence-electron chi connectivity index (χ3n) is 4.71. The van der Waals surface area contributed by atoms with Crippen LogP contribution in [0.3, 0.4) is 0 Å². The first-order valence-corrected chi connectivity index (χ1v) is 12.6. The summed E-state index contributed by atoms with van der Waals surface area (Å²) in [4.78, 5) is 46.0. The molecule has 0 aromatic heterocycles. The highest BCUT2D eigenvalue weighted by molar-refractivity contribution is 7.99. The number of amides is 2. The predicted molar refractivity (Wildman–Crippen MR) is 143 cm³/mol. The van der Waals surface area contributed by atoms with Crippen LogP contribution in [0.5, 0.6) is 11.5 Å². The summed E-state index contributed by atoms with van der Waals surface area (Å²) in [6, 6.07) is 13.6. The van der Waals surface area contributed by atoms with Gasteiger partial charge in [0.1, 0.15) is 11.5 Å². The number of thioether (sulfide) groups is 1. The van der Waals surface area contributed by atoms with Crippen LogP contribution >= 0.6 is 11.8 Å². The monoisotopic (exact) mass is 526 g/mol. The second-order valence-electron chi connectivity index (χ2n) is 7.81. The summed E-state index contributed by atoms with van der Waals surface area (Å²) in [7, 11) is 0. The highest BCUT2D eigenvalue weighted by Crippen LogP contribution is 2.14. The van der Waals surface area contributed by atoms with Gasteiger partial charge in [0.15, 0.2) is 0 Å². The second kappa shape index (κ2) is 15.2. The number of esters is 2. The number of hydrazone groups is 2. The van der Waals surface area contributed by atoms with Gasteiger partial charge in [-0.15, -0.1) is 0 Å². The van der Waals surface area contributed by atoms with Crippen LogP contribution in [0.2, 0.25) is 0 Å². The van der Waals surface area contributed by atoms with Crippen LogP contribution < -0.4 is 20.3 Å². The van der Waals surface area contributed by atoms with E-state index in [9.17, 15) is 19.2 Å². The van der Waals surface area contributed by atoms with Gasteiger partial charge in [-0.25, -0.2) is 10.9 Å². The number of nitrogens with one attached hydrogen (secondary N) is 2. The Labute approximate surface area is 219 Å². The van der Waals surface area contributed by atoms with E-state index in [4.69, 9.17) is 9.47 Å². The Morgan fingerprint density at radius 2 is 1.00 bits per heavy atom. The van der Waals surface area contributed by atoms with Crippen LogP contribution in [-0.2, 0) is 19.2 Å². The molecule has 0 saturated heterocycles. The Morgan fingerprint density at radius 3 is 1.32 bits per heavy atom. The maximum absolute atomic E-state index is 12.0. The Bertz CT molecular complexity index is 1070. The van der Waals surface area contributed by atoms with Crippen molar-refractivity contribution in [2.24, 2.45) is 10.2 Å². The summed E-state index contributed by atoms with van der Waals surface area (Å²) < 4.78 is 9.97. The summed E-state index contributed by atoms with van der Waals surface area (Å²) in [5, 5.41) is 8.19. The molecule has 2 aromatic rings. The molecule has 2 rings (SSSR count). The lowest BCUT2D eigenvalue weighted by atomic mass is 10.1. The van der Waals surface area contributed by atoms with Crippen LogP contribution in [0.25, 0.3) is 0 Å². The topological polar surface area (TPSA) is 136 Å². The lowest BCUT2D eigenvalue weighted by molar-refractivity contribution is -0.132. The molecule has 0 radical (unpaired) electrons. The summed E-state index contributed by atoms with van der Waals surface area (Å²) in [6.07, 6.45) is 0.518. The second-order valence-corrected chi connectivity index (χ2v) is 9.04. The number of benzene rings is 2. The standard InChI is InChI=1S/C26H30N4O6S/c1-17(21-5-9-23(10-6-21)35-19(3)31)27-29-25(33)13-15-37-16-14-26(34)30-28-18(2)22-7-11-24(12-8-22)36-20(4)32/h5-12H,13-16H2,1-4H3,(H,29,33)(H,30,34)/b27-17-,28-18+. The van der Waals surface area contributed by atoms with Crippen molar-refractivity contribution in [2.45, 2.75) is 40.5 Å². The predicted octanol–water partition coefficient (Wildman–Crippen LogP) is 3.43. The van der Waals surface area contributed by atoms with Crippen molar-refractivity contribution in [3.8, 4) is 11.5 Å². The van der Waals surface area contributed by atoms with Gasteiger partial charge in [-0.05, 0) is 73.5 Å². The summed E-state index contributed by atoms with van der Waals surface area (Å²) in [5.74, 6) is 0.716. The van der Waals surface area contributed by atoms with Crippen LogP contribution in [0, 0.1) is 0 Å². The molecule has 0 aliphatic carbocycles. The minimum Gasteiger partial charge on any atom is -0.427 e. The Morgan fingerprint density at radius 1 is 0.649 bits per heavy atom. The number of hydrogen-bond donors (Lipinski definition) is 2. The fourth-order valence-corrected chi connectivity index (χ4v) is 3.69. The lowest BCUT2D eigenvalue weighted by Gasteiger charge is -2.06. The Balaban J connectivity index is 1.64. The van der Waals surface area contributed by atoms with Crippen LogP contribution in [0.4, 0.5) is 0 Å². The van der Waals surface area contributed by atoms with E-state index in [0.717, 1.165) is 11.1 Å². The maximum Gasteiger partial charge on any atom is 0.308 e. The molecule has 2 N–H and O–H groups in total. The van der Waals surface area contributed by atoms with E-state index >= 15 is 0 Å². The fourth-order valence-electron chi connectivity index (χ4n) is 2.83. The number of hydrogen-bond acceptors (Lipinski definition) is 9. The zero-order valence-electron chi connectivity index (χ0n) is 21.2. The van der Waals surface area contributed by atoms with Crippen molar-refractivity contribution in [2.75, 3.05) is 11.5 Å². The van der Waals surface area contributed by atoms with Gasteiger partial charge in [0.25, 0.3) is 0 Å².